The van der Waals surface area contributed by atoms with Crippen molar-refractivity contribution in [2.45, 2.75) is 44.3 Å². The highest BCUT2D eigenvalue weighted by atomic mass is 17.2. The summed E-state index contributed by atoms with van der Waals surface area (Å²) >= 11 is 0. The van der Waals surface area contributed by atoms with Crippen LogP contribution in [0.4, 0.5) is 0 Å². The third kappa shape index (κ3) is 3.11. The van der Waals surface area contributed by atoms with Gasteiger partial charge >= 0.3 is 5.97 Å². The maximum Gasteiger partial charge on any atom is 0.342 e. The maximum atomic E-state index is 13.0. The van der Waals surface area contributed by atoms with Gasteiger partial charge in [0.05, 0.1) is 12.7 Å². The van der Waals surface area contributed by atoms with Crippen molar-refractivity contribution in [1.29, 1.82) is 0 Å². The van der Waals surface area contributed by atoms with Crippen molar-refractivity contribution in [1.82, 2.24) is 0 Å². The van der Waals surface area contributed by atoms with E-state index in [1.807, 2.05) is 0 Å². The lowest BCUT2D eigenvalue weighted by Crippen LogP contribution is -2.35. The predicted octanol–water partition coefficient (Wildman–Crippen LogP) is 3.24. The molecule has 0 radical (unpaired) electrons. The highest BCUT2D eigenvalue weighted by Crippen LogP contribution is 2.49. The molecular weight excluding hydrogens is 392 g/mol. The zero-order chi connectivity index (χ0) is 20.7. The van der Waals surface area contributed by atoms with Crippen molar-refractivity contribution in [3.8, 4) is 17.2 Å². The van der Waals surface area contributed by atoms with Crippen LogP contribution in [0.3, 0.4) is 0 Å². The first-order valence-electron chi connectivity index (χ1n) is 10.3. The smallest absolute Gasteiger partial charge is 0.342 e. The zero-order valence-corrected chi connectivity index (χ0v) is 16.8. The molecule has 3 aliphatic heterocycles. The molecule has 3 heterocycles. The van der Waals surface area contributed by atoms with Crippen LogP contribution < -0.4 is 14.2 Å². The minimum Gasteiger partial charge on any atom is -0.493 e. The molecule has 8 nitrogen and oxygen atoms in total. The Kier molecular flexibility index (Phi) is 4.83. The molecule has 0 spiro atoms. The number of hydrogen-bond donors (Lipinski definition) is 1. The Labute approximate surface area is 173 Å². The predicted molar refractivity (Wildman–Crippen MR) is 103 cm³/mol. The summed E-state index contributed by atoms with van der Waals surface area (Å²) < 4.78 is 21.9. The standard InChI is InChI=1S/C22H24O8/c1-25-16-10-14(11-17-20(16)27-12-26-17)19-15(9-13-5-3-2-4-6-13)22(24,29-21(19)23)18-7-8-28-30-18/h7,10-11,13,24H,2-6,8-9,12H2,1H3. The van der Waals surface area contributed by atoms with Gasteiger partial charge in [0.25, 0.3) is 5.79 Å². The van der Waals surface area contributed by atoms with Crippen LogP contribution >= 0.6 is 0 Å². The summed E-state index contributed by atoms with van der Waals surface area (Å²) in [7, 11) is 1.52. The molecule has 1 N–H and O–H groups in total. The number of carbonyl (C=O) groups is 1. The Morgan fingerprint density at radius 1 is 1.20 bits per heavy atom. The molecule has 160 valence electrons. The molecule has 1 fully saturated rings. The van der Waals surface area contributed by atoms with Gasteiger partial charge in [-0.25, -0.2) is 4.79 Å². The van der Waals surface area contributed by atoms with Crippen LogP contribution in [0.1, 0.15) is 44.1 Å². The van der Waals surface area contributed by atoms with Gasteiger partial charge in [0.15, 0.2) is 11.5 Å². The lowest BCUT2D eigenvalue weighted by atomic mass is 9.81. The minimum absolute atomic E-state index is 0.0789. The fourth-order valence-corrected chi connectivity index (χ4v) is 4.66. The van der Waals surface area contributed by atoms with E-state index >= 15 is 0 Å². The Hall–Kier alpha value is -2.71. The van der Waals surface area contributed by atoms with Gasteiger partial charge in [-0.05, 0) is 36.1 Å². The molecule has 5 rings (SSSR count). The fraction of sp³-hybridized carbons (Fsp3) is 0.500. The number of fused-ring (bicyclic) bond motifs is 1. The second kappa shape index (κ2) is 7.52. The number of rotatable bonds is 5. The fourth-order valence-electron chi connectivity index (χ4n) is 4.66. The first kappa shape index (κ1) is 19.3. The van der Waals surface area contributed by atoms with E-state index in [0.29, 0.717) is 46.3 Å². The number of benzene rings is 1. The zero-order valence-electron chi connectivity index (χ0n) is 16.8. The molecule has 1 saturated carbocycles. The molecule has 4 aliphatic rings. The van der Waals surface area contributed by atoms with Crippen molar-refractivity contribution in [2.24, 2.45) is 5.92 Å². The van der Waals surface area contributed by atoms with Crippen LogP contribution in [0.25, 0.3) is 5.57 Å². The summed E-state index contributed by atoms with van der Waals surface area (Å²) in [5, 5.41) is 11.4. The molecule has 0 saturated heterocycles. The van der Waals surface area contributed by atoms with Gasteiger partial charge in [0.1, 0.15) is 6.61 Å². The van der Waals surface area contributed by atoms with Crippen molar-refractivity contribution in [2.75, 3.05) is 20.5 Å². The lowest BCUT2D eigenvalue weighted by Gasteiger charge is -2.28. The number of carbonyl (C=O) groups excluding carboxylic acids is 1. The number of aliphatic hydroxyl groups is 1. The molecule has 1 atom stereocenters. The first-order valence-corrected chi connectivity index (χ1v) is 10.3. The summed E-state index contributed by atoms with van der Waals surface area (Å²) in [6.07, 6.45) is 7.68. The van der Waals surface area contributed by atoms with Gasteiger partial charge < -0.3 is 28.9 Å². The average Bonchev–Trinajstić information content (AvgIpc) is 3.49. The van der Waals surface area contributed by atoms with Crippen molar-refractivity contribution >= 4 is 11.5 Å². The Morgan fingerprint density at radius 3 is 2.77 bits per heavy atom. The molecule has 1 unspecified atom stereocenters. The van der Waals surface area contributed by atoms with Crippen LogP contribution in [0.2, 0.25) is 0 Å². The van der Waals surface area contributed by atoms with Crippen LogP contribution in [-0.2, 0) is 19.3 Å². The van der Waals surface area contributed by atoms with Gasteiger partial charge in [-0.2, -0.15) is 4.89 Å². The van der Waals surface area contributed by atoms with E-state index in [-0.39, 0.29) is 19.2 Å². The Bertz CT molecular complexity index is 927. The summed E-state index contributed by atoms with van der Waals surface area (Å²) in [6, 6.07) is 3.42. The highest BCUT2D eigenvalue weighted by molar-refractivity contribution is 6.20. The monoisotopic (exact) mass is 416 g/mol. The SMILES string of the molecule is COc1cc(C2=C(CC3CCCCC3)C(O)(C3=CCOO3)OC2=O)cc2c1OCO2. The van der Waals surface area contributed by atoms with E-state index in [4.69, 9.17) is 28.7 Å². The van der Waals surface area contributed by atoms with E-state index in [1.54, 1.807) is 18.2 Å². The third-order valence-corrected chi connectivity index (χ3v) is 6.14. The summed E-state index contributed by atoms with van der Waals surface area (Å²) in [6.45, 7) is 0.259. The molecule has 0 aromatic heterocycles. The largest absolute Gasteiger partial charge is 0.493 e. The molecule has 1 aromatic carbocycles. The van der Waals surface area contributed by atoms with Crippen LogP contribution in [0.15, 0.2) is 29.5 Å². The van der Waals surface area contributed by atoms with Crippen molar-refractivity contribution < 1.29 is 38.6 Å². The van der Waals surface area contributed by atoms with E-state index in [2.05, 4.69) is 0 Å². The van der Waals surface area contributed by atoms with Gasteiger partial charge in [-0.15, -0.1) is 0 Å². The highest BCUT2D eigenvalue weighted by Gasteiger charge is 2.53. The molecule has 30 heavy (non-hydrogen) atoms. The number of esters is 1. The molecule has 1 aromatic rings. The Balaban J connectivity index is 1.63. The van der Waals surface area contributed by atoms with Gasteiger partial charge in [0, 0.05) is 5.57 Å². The minimum atomic E-state index is -1.98. The lowest BCUT2D eigenvalue weighted by molar-refractivity contribution is -0.272. The molecule has 0 bridgehead atoms. The second-order valence-corrected chi connectivity index (χ2v) is 7.94. The average molecular weight is 416 g/mol. The van der Waals surface area contributed by atoms with Gasteiger partial charge in [0.2, 0.25) is 18.3 Å². The van der Waals surface area contributed by atoms with E-state index < -0.39 is 11.8 Å². The Morgan fingerprint density at radius 2 is 2.03 bits per heavy atom. The topological polar surface area (TPSA) is 92.7 Å². The summed E-state index contributed by atoms with van der Waals surface area (Å²) in [5.74, 6) is -0.741. The van der Waals surface area contributed by atoms with Crippen molar-refractivity contribution in [3.05, 3.63) is 35.1 Å². The van der Waals surface area contributed by atoms with E-state index in [0.717, 1.165) is 25.7 Å². The van der Waals surface area contributed by atoms with Crippen LogP contribution in [0, 0.1) is 5.92 Å². The normalized spacial score (nSPS) is 25.9. The molecule has 0 amide bonds. The van der Waals surface area contributed by atoms with E-state index in [9.17, 15) is 9.90 Å². The third-order valence-electron chi connectivity index (χ3n) is 6.14. The van der Waals surface area contributed by atoms with Crippen molar-refractivity contribution in [3.63, 3.8) is 0 Å². The van der Waals surface area contributed by atoms with E-state index in [1.165, 1.54) is 13.5 Å². The van der Waals surface area contributed by atoms with Crippen LogP contribution in [0.5, 0.6) is 17.2 Å². The number of methoxy groups -OCH3 is 1. The van der Waals surface area contributed by atoms with Crippen LogP contribution in [-0.4, -0.2) is 37.4 Å². The molecule has 8 heteroatoms. The number of cyclic esters (lactones) is 1. The maximum absolute atomic E-state index is 13.0. The summed E-state index contributed by atoms with van der Waals surface area (Å²) in [4.78, 5) is 23.1. The number of ether oxygens (including phenoxy) is 4. The molecular formula is C22H24O8. The molecule has 1 aliphatic carbocycles. The first-order chi connectivity index (χ1) is 14.6. The van der Waals surface area contributed by atoms with Gasteiger partial charge in [-0.3, -0.25) is 0 Å². The summed E-state index contributed by atoms with van der Waals surface area (Å²) in [5.41, 5.74) is 1.33. The number of hydrogen-bond acceptors (Lipinski definition) is 8. The van der Waals surface area contributed by atoms with Gasteiger partial charge in [-0.1, -0.05) is 32.1 Å². The second-order valence-electron chi connectivity index (χ2n) is 7.94. The quantitative estimate of drug-likeness (QED) is 0.578.